The highest BCUT2D eigenvalue weighted by atomic mass is 35.5. The van der Waals surface area contributed by atoms with Crippen LogP contribution in [0.1, 0.15) is 0 Å². The molecule has 1 N–H and O–H groups in total. The van der Waals surface area contributed by atoms with E-state index in [0.29, 0.717) is 10.2 Å². The predicted octanol–water partition coefficient (Wildman–Crippen LogP) is 5.08. The molecular weight excluding hydrogens is 305 g/mol. The number of hydrogen-bond donors (Lipinski definition) is 1. The van der Waals surface area contributed by atoms with Crippen molar-refractivity contribution in [3.8, 4) is 11.3 Å². The minimum absolute atomic E-state index is 0.409. The molecule has 102 valence electrons. The largest absolute Gasteiger partial charge is 0.360 e. The zero-order valence-corrected chi connectivity index (χ0v) is 12.3. The first-order chi connectivity index (χ1) is 10.2. The third-order valence-electron chi connectivity index (χ3n) is 3.54. The lowest BCUT2D eigenvalue weighted by Crippen LogP contribution is -1.90. The average molecular weight is 314 g/mol. The summed E-state index contributed by atoms with van der Waals surface area (Å²) in [6.45, 7) is 0. The van der Waals surface area contributed by atoms with Crippen LogP contribution in [-0.2, 0) is 0 Å². The fourth-order valence-electron chi connectivity index (χ4n) is 2.56. The first-order valence-electron chi connectivity index (χ1n) is 6.42. The Balaban J connectivity index is 2.09. The second-order valence-electron chi connectivity index (χ2n) is 4.78. The van der Waals surface area contributed by atoms with Gasteiger partial charge in [-0.25, -0.2) is 0 Å². The molecule has 0 bridgehead atoms. The molecule has 0 spiro atoms. The van der Waals surface area contributed by atoms with Crippen LogP contribution in [0.5, 0.6) is 0 Å². The summed E-state index contributed by atoms with van der Waals surface area (Å²) in [4.78, 5) is 3.23. The zero-order valence-electron chi connectivity index (χ0n) is 10.8. The maximum Gasteiger partial charge on any atom is 0.159 e. The van der Waals surface area contributed by atoms with Crippen molar-refractivity contribution in [3.05, 3.63) is 58.8 Å². The summed E-state index contributed by atoms with van der Waals surface area (Å²) in [6, 6.07) is 13.6. The molecule has 0 saturated heterocycles. The van der Waals surface area contributed by atoms with Crippen LogP contribution < -0.4 is 0 Å². The van der Waals surface area contributed by atoms with E-state index in [-0.39, 0.29) is 0 Å². The molecule has 2 aromatic carbocycles. The van der Waals surface area contributed by atoms with Crippen molar-refractivity contribution in [1.29, 1.82) is 0 Å². The van der Waals surface area contributed by atoms with E-state index in [1.54, 1.807) is 0 Å². The van der Waals surface area contributed by atoms with Gasteiger partial charge >= 0.3 is 0 Å². The van der Waals surface area contributed by atoms with E-state index in [1.807, 2.05) is 48.7 Å². The van der Waals surface area contributed by atoms with Gasteiger partial charge < -0.3 is 4.98 Å². The number of aromatic nitrogens is 3. The molecule has 0 aliphatic heterocycles. The van der Waals surface area contributed by atoms with Gasteiger partial charge in [0.25, 0.3) is 0 Å². The number of halogens is 2. The summed E-state index contributed by atoms with van der Waals surface area (Å²) < 4.78 is 0. The van der Waals surface area contributed by atoms with E-state index >= 15 is 0 Å². The second-order valence-corrected chi connectivity index (χ2v) is 5.57. The van der Waals surface area contributed by atoms with Crippen LogP contribution in [0.15, 0.2) is 48.7 Å². The van der Waals surface area contributed by atoms with Crippen LogP contribution in [-0.4, -0.2) is 15.2 Å². The Hall–Kier alpha value is -2.10. The van der Waals surface area contributed by atoms with Crippen molar-refractivity contribution in [3.63, 3.8) is 0 Å². The summed E-state index contributed by atoms with van der Waals surface area (Å²) in [6.07, 6.45) is 1.92. The molecule has 0 amide bonds. The number of hydrogen-bond acceptors (Lipinski definition) is 2. The minimum Gasteiger partial charge on any atom is -0.360 e. The molecule has 3 nitrogen and oxygen atoms in total. The van der Waals surface area contributed by atoms with Crippen molar-refractivity contribution in [2.75, 3.05) is 0 Å². The fourth-order valence-corrected chi connectivity index (χ4v) is 2.93. The highest BCUT2D eigenvalue weighted by Crippen LogP contribution is 2.34. The fraction of sp³-hybridized carbons (Fsp3) is 0. The number of fused-ring (bicyclic) bond motifs is 2. The number of benzene rings is 2. The van der Waals surface area contributed by atoms with Gasteiger partial charge in [-0.1, -0.05) is 47.5 Å². The highest BCUT2D eigenvalue weighted by molar-refractivity contribution is 6.34. The second kappa shape index (κ2) is 4.72. The van der Waals surface area contributed by atoms with Gasteiger partial charge in [-0.05, 0) is 18.2 Å². The van der Waals surface area contributed by atoms with Gasteiger partial charge in [-0.3, -0.25) is 0 Å². The van der Waals surface area contributed by atoms with Gasteiger partial charge in [0.1, 0.15) is 5.69 Å². The molecular formula is C16H9Cl2N3. The van der Waals surface area contributed by atoms with Gasteiger partial charge in [0, 0.05) is 38.5 Å². The van der Waals surface area contributed by atoms with Gasteiger partial charge in [0.15, 0.2) is 5.15 Å². The number of nitrogens with zero attached hydrogens (tertiary/aromatic N) is 2. The van der Waals surface area contributed by atoms with Crippen molar-refractivity contribution in [1.82, 2.24) is 15.2 Å². The average Bonchev–Trinajstić information content (AvgIpc) is 2.91. The lowest BCUT2D eigenvalue weighted by atomic mass is 10.0. The van der Waals surface area contributed by atoms with Crippen LogP contribution in [0.3, 0.4) is 0 Å². The zero-order chi connectivity index (χ0) is 14.4. The van der Waals surface area contributed by atoms with Crippen LogP contribution in [0.25, 0.3) is 32.9 Å². The van der Waals surface area contributed by atoms with Crippen molar-refractivity contribution < 1.29 is 0 Å². The van der Waals surface area contributed by atoms with Gasteiger partial charge in [0.05, 0.1) is 0 Å². The molecule has 0 aliphatic rings. The minimum atomic E-state index is 0.409. The molecule has 0 unspecified atom stereocenters. The van der Waals surface area contributed by atoms with Crippen molar-refractivity contribution >= 4 is 44.9 Å². The van der Waals surface area contributed by atoms with E-state index in [1.165, 1.54) is 0 Å². The lowest BCUT2D eigenvalue weighted by Gasteiger charge is -2.05. The molecule has 0 radical (unpaired) electrons. The predicted molar refractivity (Wildman–Crippen MR) is 86.9 cm³/mol. The van der Waals surface area contributed by atoms with Crippen LogP contribution in [0.2, 0.25) is 10.2 Å². The summed E-state index contributed by atoms with van der Waals surface area (Å²) in [7, 11) is 0. The van der Waals surface area contributed by atoms with Gasteiger partial charge in [-0.15, -0.1) is 10.2 Å². The Morgan fingerprint density at radius 1 is 0.857 bits per heavy atom. The summed E-state index contributed by atoms with van der Waals surface area (Å²) >= 11 is 12.2. The molecule has 4 aromatic rings. The summed E-state index contributed by atoms with van der Waals surface area (Å²) in [5, 5.41) is 12.3. The summed E-state index contributed by atoms with van der Waals surface area (Å²) in [5.41, 5.74) is 2.77. The van der Waals surface area contributed by atoms with Gasteiger partial charge in [0.2, 0.25) is 0 Å². The Kier molecular flexibility index (Phi) is 2.84. The maximum absolute atomic E-state index is 6.13. The van der Waals surface area contributed by atoms with Gasteiger partial charge in [-0.2, -0.15) is 0 Å². The maximum atomic E-state index is 6.13. The molecule has 4 rings (SSSR count). The molecule has 0 fully saturated rings. The Bertz CT molecular complexity index is 976. The first kappa shape index (κ1) is 12.6. The van der Waals surface area contributed by atoms with E-state index < -0.39 is 0 Å². The lowest BCUT2D eigenvalue weighted by molar-refractivity contribution is 1.06. The SMILES string of the molecule is Clc1ccc2[nH]cc(-c3nnc(Cl)c4ccccc34)c2c1. The Morgan fingerprint density at radius 3 is 2.52 bits per heavy atom. The first-order valence-corrected chi connectivity index (χ1v) is 7.17. The molecule has 0 saturated carbocycles. The standard InChI is InChI=1S/C16H9Cl2N3/c17-9-5-6-14-12(7-9)13(8-19-14)15-10-3-1-2-4-11(10)16(18)21-20-15/h1-8,19H. The Labute approximate surface area is 130 Å². The van der Waals surface area contributed by atoms with E-state index in [9.17, 15) is 0 Å². The number of aromatic amines is 1. The van der Waals surface area contributed by atoms with Crippen molar-refractivity contribution in [2.45, 2.75) is 0 Å². The summed E-state index contributed by atoms with van der Waals surface area (Å²) in [5.74, 6) is 0. The topological polar surface area (TPSA) is 41.6 Å². The van der Waals surface area contributed by atoms with E-state index in [2.05, 4.69) is 15.2 Å². The Morgan fingerprint density at radius 2 is 1.67 bits per heavy atom. The monoisotopic (exact) mass is 313 g/mol. The van der Waals surface area contributed by atoms with E-state index in [4.69, 9.17) is 23.2 Å². The molecule has 2 aromatic heterocycles. The van der Waals surface area contributed by atoms with E-state index in [0.717, 1.165) is 32.9 Å². The van der Waals surface area contributed by atoms with Crippen LogP contribution in [0.4, 0.5) is 0 Å². The highest BCUT2D eigenvalue weighted by Gasteiger charge is 2.13. The third-order valence-corrected chi connectivity index (χ3v) is 4.06. The van der Waals surface area contributed by atoms with Crippen LogP contribution >= 0.6 is 23.2 Å². The number of H-pyrrole nitrogens is 1. The normalized spacial score (nSPS) is 11.3. The smallest absolute Gasteiger partial charge is 0.159 e. The molecule has 0 atom stereocenters. The molecule has 0 aliphatic carbocycles. The third kappa shape index (κ3) is 1.97. The van der Waals surface area contributed by atoms with Crippen LogP contribution in [0, 0.1) is 0 Å². The quantitative estimate of drug-likeness (QED) is 0.532. The molecule has 2 heterocycles. The number of rotatable bonds is 1. The van der Waals surface area contributed by atoms with Crippen molar-refractivity contribution in [2.24, 2.45) is 0 Å². The number of nitrogens with one attached hydrogen (secondary N) is 1. The molecule has 21 heavy (non-hydrogen) atoms. The molecule has 5 heteroatoms.